The molecule has 1 fully saturated rings. The van der Waals surface area contributed by atoms with Gasteiger partial charge in [0, 0.05) is 6.54 Å². The maximum Gasteiger partial charge on any atom is 0.328 e. The van der Waals surface area contributed by atoms with E-state index in [1.165, 1.54) is 4.90 Å². The first-order valence-corrected chi connectivity index (χ1v) is 9.26. The number of carbonyl (C=O) groups is 3. The highest BCUT2D eigenvalue weighted by Gasteiger charge is 2.33. The number of nitrogens with zero attached hydrogens (tertiary/aromatic N) is 1. The van der Waals surface area contributed by atoms with Crippen LogP contribution in [-0.2, 0) is 23.9 Å². The SMILES string of the molecule is CCOC(=O)C1CCCCN1C(=O)COC(=O)C(CC)c1ccccc1. The molecular formula is C20H27NO5. The molecule has 6 heteroatoms. The molecule has 2 rings (SSSR count). The van der Waals surface area contributed by atoms with Crippen LogP contribution in [0.25, 0.3) is 0 Å². The Kier molecular flexibility index (Phi) is 7.63. The highest BCUT2D eigenvalue weighted by Crippen LogP contribution is 2.22. The van der Waals surface area contributed by atoms with Gasteiger partial charge in [0.05, 0.1) is 12.5 Å². The van der Waals surface area contributed by atoms with Crippen molar-refractivity contribution in [1.29, 1.82) is 0 Å². The Morgan fingerprint density at radius 2 is 1.85 bits per heavy atom. The second-order valence-electron chi connectivity index (χ2n) is 6.33. The van der Waals surface area contributed by atoms with Crippen LogP contribution in [0.15, 0.2) is 30.3 Å². The lowest BCUT2D eigenvalue weighted by Crippen LogP contribution is -2.50. The van der Waals surface area contributed by atoms with E-state index in [0.29, 0.717) is 19.4 Å². The number of hydrogen-bond acceptors (Lipinski definition) is 5. The molecule has 0 bridgehead atoms. The second-order valence-corrected chi connectivity index (χ2v) is 6.33. The molecule has 26 heavy (non-hydrogen) atoms. The van der Waals surface area contributed by atoms with E-state index in [-0.39, 0.29) is 25.1 Å². The molecule has 2 atom stereocenters. The fourth-order valence-electron chi connectivity index (χ4n) is 3.25. The van der Waals surface area contributed by atoms with Crippen molar-refractivity contribution in [2.75, 3.05) is 19.8 Å². The van der Waals surface area contributed by atoms with Crippen molar-refractivity contribution in [3.63, 3.8) is 0 Å². The quantitative estimate of drug-likeness (QED) is 0.698. The molecule has 1 aromatic rings. The minimum atomic E-state index is -0.578. The van der Waals surface area contributed by atoms with Gasteiger partial charge in [0.2, 0.25) is 0 Å². The van der Waals surface area contributed by atoms with Crippen molar-refractivity contribution in [2.45, 2.75) is 51.5 Å². The highest BCUT2D eigenvalue weighted by atomic mass is 16.5. The first-order chi connectivity index (χ1) is 12.6. The Morgan fingerprint density at radius 1 is 1.12 bits per heavy atom. The van der Waals surface area contributed by atoms with Crippen molar-refractivity contribution in [3.05, 3.63) is 35.9 Å². The number of likely N-dealkylation sites (tertiary alicyclic amines) is 1. The lowest BCUT2D eigenvalue weighted by atomic mass is 9.97. The smallest absolute Gasteiger partial charge is 0.328 e. The minimum absolute atomic E-state index is 0.279. The van der Waals surface area contributed by atoms with Gasteiger partial charge in [0.1, 0.15) is 6.04 Å². The number of ether oxygens (including phenoxy) is 2. The molecule has 1 aromatic carbocycles. The number of piperidine rings is 1. The Hall–Kier alpha value is -2.37. The minimum Gasteiger partial charge on any atom is -0.464 e. The summed E-state index contributed by atoms with van der Waals surface area (Å²) in [5.41, 5.74) is 0.870. The van der Waals surface area contributed by atoms with Gasteiger partial charge in [-0.2, -0.15) is 0 Å². The summed E-state index contributed by atoms with van der Waals surface area (Å²) < 4.78 is 10.3. The topological polar surface area (TPSA) is 72.9 Å². The van der Waals surface area contributed by atoms with Crippen LogP contribution >= 0.6 is 0 Å². The molecule has 1 heterocycles. The fourth-order valence-corrected chi connectivity index (χ4v) is 3.25. The molecule has 0 aliphatic carbocycles. The number of rotatable bonds is 7. The molecule has 0 spiro atoms. The molecule has 1 aliphatic heterocycles. The van der Waals surface area contributed by atoms with Gasteiger partial charge in [0.15, 0.2) is 6.61 Å². The van der Waals surface area contributed by atoms with Crippen LogP contribution in [0.2, 0.25) is 0 Å². The van der Waals surface area contributed by atoms with Crippen LogP contribution < -0.4 is 0 Å². The lowest BCUT2D eigenvalue weighted by Gasteiger charge is -2.33. The summed E-state index contributed by atoms with van der Waals surface area (Å²) in [6, 6.07) is 8.79. The van der Waals surface area contributed by atoms with Crippen LogP contribution in [0.4, 0.5) is 0 Å². The maximum atomic E-state index is 12.5. The van der Waals surface area contributed by atoms with E-state index in [4.69, 9.17) is 9.47 Å². The van der Waals surface area contributed by atoms with Gasteiger partial charge in [-0.3, -0.25) is 9.59 Å². The van der Waals surface area contributed by atoms with E-state index in [0.717, 1.165) is 18.4 Å². The van der Waals surface area contributed by atoms with Gasteiger partial charge in [-0.25, -0.2) is 4.79 Å². The summed E-state index contributed by atoms with van der Waals surface area (Å²) >= 11 is 0. The summed E-state index contributed by atoms with van der Waals surface area (Å²) in [5, 5.41) is 0. The molecule has 1 saturated heterocycles. The molecule has 6 nitrogen and oxygen atoms in total. The van der Waals surface area contributed by atoms with Crippen molar-refractivity contribution >= 4 is 17.8 Å². The monoisotopic (exact) mass is 361 g/mol. The Bertz CT molecular complexity index is 616. The molecule has 142 valence electrons. The number of esters is 2. The van der Waals surface area contributed by atoms with Gasteiger partial charge in [-0.1, -0.05) is 37.3 Å². The summed E-state index contributed by atoms with van der Waals surface area (Å²) in [6.07, 6.45) is 2.88. The molecule has 1 aliphatic rings. The Morgan fingerprint density at radius 3 is 2.50 bits per heavy atom. The van der Waals surface area contributed by atoms with Crippen molar-refractivity contribution < 1.29 is 23.9 Å². The first kappa shape index (κ1) is 19.9. The summed E-state index contributed by atoms with van der Waals surface area (Å²) in [7, 11) is 0. The number of amides is 1. The first-order valence-electron chi connectivity index (χ1n) is 9.26. The zero-order chi connectivity index (χ0) is 18.9. The van der Waals surface area contributed by atoms with Crippen molar-refractivity contribution in [3.8, 4) is 0 Å². The van der Waals surface area contributed by atoms with Gasteiger partial charge >= 0.3 is 11.9 Å². The molecule has 0 radical (unpaired) electrons. The largest absolute Gasteiger partial charge is 0.464 e. The Labute approximate surface area is 154 Å². The van der Waals surface area contributed by atoms with E-state index in [1.54, 1.807) is 6.92 Å². The lowest BCUT2D eigenvalue weighted by molar-refractivity contribution is -0.161. The van der Waals surface area contributed by atoms with Gasteiger partial charge in [0.25, 0.3) is 5.91 Å². The summed E-state index contributed by atoms with van der Waals surface area (Å²) in [5.74, 6) is -1.55. The number of carbonyl (C=O) groups excluding carboxylic acids is 3. The Balaban J connectivity index is 1.95. The standard InChI is InChI=1S/C20H27NO5/c1-3-16(15-10-6-5-7-11-15)19(23)26-14-18(22)21-13-9-8-12-17(21)20(24)25-4-2/h5-7,10-11,16-17H,3-4,8-9,12-14H2,1-2H3. The number of hydrogen-bond donors (Lipinski definition) is 0. The third kappa shape index (κ3) is 5.07. The predicted molar refractivity (Wildman–Crippen MR) is 96.4 cm³/mol. The van der Waals surface area contributed by atoms with E-state index in [2.05, 4.69) is 0 Å². The van der Waals surface area contributed by atoms with Crippen molar-refractivity contribution in [2.24, 2.45) is 0 Å². The van der Waals surface area contributed by atoms with Crippen LogP contribution in [-0.4, -0.2) is 48.5 Å². The van der Waals surface area contributed by atoms with Crippen LogP contribution in [0.3, 0.4) is 0 Å². The van der Waals surface area contributed by atoms with Gasteiger partial charge < -0.3 is 14.4 Å². The summed E-state index contributed by atoms with van der Waals surface area (Å²) in [6.45, 7) is 4.06. The zero-order valence-corrected chi connectivity index (χ0v) is 15.5. The second kappa shape index (κ2) is 9.94. The highest BCUT2D eigenvalue weighted by molar-refractivity contribution is 5.87. The maximum absolute atomic E-state index is 12.5. The van der Waals surface area contributed by atoms with Gasteiger partial charge in [-0.05, 0) is 38.2 Å². The molecule has 0 N–H and O–H groups in total. The van der Waals surface area contributed by atoms with Crippen LogP contribution in [0, 0.1) is 0 Å². The normalized spacial score (nSPS) is 18.1. The third-order valence-electron chi connectivity index (χ3n) is 4.61. The fraction of sp³-hybridized carbons (Fsp3) is 0.550. The van der Waals surface area contributed by atoms with E-state index >= 15 is 0 Å². The molecule has 2 unspecified atom stereocenters. The molecule has 0 saturated carbocycles. The van der Waals surface area contributed by atoms with Gasteiger partial charge in [-0.15, -0.1) is 0 Å². The summed E-state index contributed by atoms with van der Waals surface area (Å²) in [4.78, 5) is 38.5. The number of benzene rings is 1. The van der Waals surface area contributed by atoms with E-state index in [1.807, 2.05) is 37.3 Å². The van der Waals surface area contributed by atoms with Crippen molar-refractivity contribution in [1.82, 2.24) is 4.90 Å². The predicted octanol–water partition coefficient (Wildman–Crippen LogP) is 2.67. The van der Waals surface area contributed by atoms with E-state index in [9.17, 15) is 14.4 Å². The average Bonchev–Trinajstić information content (AvgIpc) is 2.67. The van der Waals surface area contributed by atoms with E-state index < -0.39 is 17.9 Å². The molecule has 0 aromatic heterocycles. The third-order valence-corrected chi connectivity index (χ3v) is 4.61. The molecule has 1 amide bonds. The van der Waals surface area contributed by atoms with Crippen LogP contribution in [0.1, 0.15) is 51.0 Å². The molecular weight excluding hydrogens is 334 g/mol. The average molecular weight is 361 g/mol. The zero-order valence-electron chi connectivity index (χ0n) is 15.5. The van der Waals surface area contributed by atoms with Crippen LogP contribution in [0.5, 0.6) is 0 Å².